The minimum atomic E-state index is 0.344. The molecule has 1 heterocycles. The van der Waals surface area contributed by atoms with Crippen LogP contribution < -0.4 is 9.64 Å². The first-order valence-electron chi connectivity index (χ1n) is 5.69. The van der Waals surface area contributed by atoms with Crippen LogP contribution in [0.25, 0.3) is 0 Å². The highest BCUT2D eigenvalue weighted by molar-refractivity contribution is 5.58. The molecule has 1 aromatic carbocycles. The van der Waals surface area contributed by atoms with Gasteiger partial charge in [-0.05, 0) is 18.6 Å². The number of anilines is 1. The summed E-state index contributed by atoms with van der Waals surface area (Å²) in [5, 5.41) is 0. The van der Waals surface area contributed by atoms with Gasteiger partial charge in [-0.3, -0.25) is 0 Å². The first-order chi connectivity index (χ1) is 7.22. The Morgan fingerprint density at radius 2 is 2.13 bits per heavy atom. The quantitative estimate of drug-likeness (QED) is 0.699. The van der Waals surface area contributed by atoms with Crippen molar-refractivity contribution in [3.05, 3.63) is 24.3 Å². The lowest BCUT2D eigenvalue weighted by atomic mass is 10.0. The zero-order valence-corrected chi connectivity index (χ0v) is 9.73. The van der Waals surface area contributed by atoms with Crippen LogP contribution in [0.4, 0.5) is 5.69 Å². The number of nitrogens with zero attached hydrogens (tertiary/aromatic N) is 1. The molecule has 1 aliphatic rings. The molecule has 0 saturated carbocycles. The van der Waals surface area contributed by atoms with Gasteiger partial charge in [-0.1, -0.05) is 26.0 Å². The Bertz CT molecular complexity index is 337. The maximum absolute atomic E-state index is 6.05. The average Bonchev–Trinajstić information content (AvgIpc) is 2.36. The van der Waals surface area contributed by atoms with Gasteiger partial charge in [-0.15, -0.1) is 0 Å². The van der Waals surface area contributed by atoms with Crippen LogP contribution in [0, 0.1) is 5.92 Å². The van der Waals surface area contributed by atoms with Crippen molar-refractivity contribution in [3.8, 4) is 5.75 Å². The summed E-state index contributed by atoms with van der Waals surface area (Å²) in [4.78, 5) is 2.29. The Hall–Kier alpha value is -1.18. The molecule has 0 bridgehead atoms. The van der Waals surface area contributed by atoms with Crippen molar-refractivity contribution < 1.29 is 4.74 Å². The smallest absolute Gasteiger partial charge is 0.143 e. The fourth-order valence-electron chi connectivity index (χ4n) is 2.29. The van der Waals surface area contributed by atoms with E-state index in [-0.39, 0.29) is 0 Å². The zero-order chi connectivity index (χ0) is 10.8. The summed E-state index contributed by atoms with van der Waals surface area (Å²) in [5.74, 6) is 1.60. The van der Waals surface area contributed by atoms with Gasteiger partial charge in [0.25, 0.3) is 0 Å². The molecule has 0 aliphatic carbocycles. The van der Waals surface area contributed by atoms with Crippen LogP contribution in [0.15, 0.2) is 24.3 Å². The van der Waals surface area contributed by atoms with E-state index in [1.807, 2.05) is 6.07 Å². The van der Waals surface area contributed by atoms with Crippen molar-refractivity contribution in [2.75, 3.05) is 18.5 Å². The van der Waals surface area contributed by atoms with Crippen LogP contribution in [-0.4, -0.2) is 19.7 Å². The van der Waals surface area contributed by atoms with Gasteiger partial charge in [0, 0.05) is 19.5 Å². The number of hydrogen-bond donors (Lipinski definition) is 0. The molecule has 0 fully saturated rings. The Morgan fingerprint density at radius 3 is 2.87 bits per heavy atom. The van der Waals surface area contributed by atoms with Gasteiger partial charge < -0.3 is 9.64 Å². The molecule has 2 rings (SSSR count). The number of ether oxygens (including phenoxy) is 1. The Kier molecular flexibility index (Phi) is 2.85. The molecule has 0 N–H and O–H groups in total. The highest BCUT2D eigenvalue weighted by atomic mass is 16.5. The van der Waals surface area contributed by atoms with Crippen molar-refractivity contribution in [3.63, 3.8) is 0 Å². The number of para-hydroxylation sites is 2. The van der Waals surface area contributed by atoms with E-state index < -0.39 is 0 Å². The Morgan fingerprint density at radius 1 is 1.40 bits per heavy atom. The largest absolute Gasteiger partial charge is 0.488 e. The molecule has 2 nitrogen and oxygen atoms in total. The molecule has 1 aliphatic heterocycles. The molecule has 0 radical (unpaired) electrons. The van der Waals surface area contributed by atoms with Crippen molar-refractivity contribution in [1.82, 2.24) is 0 Å². The Labute approximate surface area is 91.9 Å². The fraction of sp³-hybridized carbons (Fsp3) is 0.538. The van der Waals surface area contributed by atoms with E-state index in [9.17, 15) is 0 Å². The minimum absolute atomic E-state index is 0.344. The molecule has 1 aromatic rings. The van der Waals surface area contributed by atoms with Crippen LogP contribution in [-0.2, 0) is 0 Å². The SMILES string of the molecule is CCC1Oc2ccccc2N(C)CC1C. The predicted octanol–water partition coefficient (Wildman–Crippen LogP) is 2.93. The normalized spacial score (nSPS) is 25.4. The van der Waals surface area contributed by atoms with E-state index in [1.54, 1.807) is 0 Å². The number of hydrogen-bond acceptors (Lipinski definition) is 2. The number of rotatable bonds is 1. The number of benzene rings is 1. The van der Waals surface area contributed by atoms with Gasteiger partial charge >= 0.3 is 0 Å². The zero-order valence-electron chi connectivity index (χ0n) is 9.73. The van der Waals surface area contributed by atoms with Gasteiger partial charge in [0.05, 0.1) is 5.69 Å². The summed E-state index contributed by atoms with van der Waals surface area (Å²) >= 11 is 0. The molecule has 2 unspecified atom stereocenters. The van der Waals surface area contributed by atoms with E-state index in [4.69, 9.17) is 4.74 Å². The third-order valence-corrected chi connectivity index (χ3v) is 3.15. The van der Waals surface area contributed by atoms with Crippen LogP contribution >= 0.6 is 0 Å². The first kappa shape index (κ1) is 10.3. The van der Waals surface area contributed by atoms with E-state index in [0.29, 0.717) is 12.0 Å². The van der Waals surface area contributed by atoms with E-state index >= 15 is 0 Å². The highest BCUT2D eigenvalue weighted by Gasteiger charge is 2.24. The fourth-order valence-corrected chi connectivity index (χ4v) is 2.29. The lowest BCUT2D eigenvalue weighted by Crippen LogP contribution is -2.30. The highest BCUT2D eigenvalue weighted by Crippen LogP contribution is 2.33. The third-order valence-electron chi connectivity index (χ3n) is 3.15. The molecule has 0 aromatic heterocycles. The van der Waals surface area contributed by atoms with Crippen molar-refractivity contribution >= 4 is 5.69 Å². The second-order valence-electron chi connectivity index (χ2n) is 4.39. The maximum atomic E-state index is 6.05. The molecular formula is C13H19NO. The molecule has 0 saturated heterocycles. The summed E-state index contributed by atoms with van der Waals surface area (Å²) in [7, 11) is 2.14. The van der Waals surface area contributed by atoms with Crippen molar-refractivity contribution in [2.24, 2.45) is 5.92 Å². The van der Waals surface area contributed by atoms with E-state index in [2.05, 4.69) is 44.0 Å². The molecule has 2 heteroatoms. The summed E-state index contributed by atoms with van der Waals surface area (Å²) in [6.07, 6.45) is 1.42. The van der Waals surface area contributed by atoms with Gasteiger partial charge in [0.2, 0.25) is 0 Å². The second kappa shape index (κ2) is 4.13. The molecular weight excluding hydrogens is 186 g/mol. The minimum Gasteiger partial charge on any atom is -0.488 e. The lowest BCUT2D eigenvalue weighted by Gasteiger charge is -2.22. The lowest BCUT2D eigenvalue weighted by molar-refractivity contribution is 0.149. The summed E-state index contributed by atoms with van der Waals surface area (Å²) in [6, 6.07) is 8.29. The molecule has 82 valence electrons. The molecule has 0 amide bonds. The van der Waals surface area contributed by atoms with Gasteiger partial charge in [-0.2, -0.15) is 0 Å². The number of fused-ring (bicyclic) bond motifs is 1. The monoisotopic (exact) mass is 205 g/mol. The average molecular weight is 205 g/mol. The van der Waals surface area contributed by atoms with Crippen LogP contribution in [0.3, 0.4) is 0 Å². The standard InChI is InChI=1S/C13H19NO/c1-4-12-10(2)9-14(3)11-7-5-6-8-13(11)15-12/h5-8,10,12H,4,9H2,1-3H3. The topological polar surface area (TPSA) is 12.5 Å². The van der Waals surface area contributed by atoms with Crippen LogP contribution in [0.2, 0.25) is 0 Å². The van der Waals surface area contributed by atoms with Gasteiger partial charge in [-0.25, -0.2) is 0 Å². The molecule has 2 atom stereocenters. The Balaban J connectivity index is 2.34. The summed E-state index contributed by atoms with van der Waals surface area (Å²) < 4.78 is 6.05. The summed E-state index contributed by atoms with van der Waals surface area (Å²) in [6.45, 7) is 5.52. The summed E-state index contributed by atoms with van der Waals surface area (Å²) in [5.41, 5.74) is 1.21. The maximum Gasteiger partial charge on any atom is 0.143 e. The second-order valence-corrected chi connectivity index (χ2v) is 4.39. The van der Waals surface area contributed by atoms with E-state index in [1.165, 1.54) is 5.69 Å². The van der Waals surface area contributed by atoms with Crippen molar-refractivity contribution in [2.45, 2.75) is 26.4 Å². The van der Waals surface area contributed by atoms with Crippen molar-refractivity contribution in [1.29, 1.82) is 0 Å². The van der Waals surface area contributed by atoms with Gasteiger partial charge in [0.15, 0.2) is 0 Å². The molecule has 0 spiro atoms. The van der Waals surface area contributed by atoms with Gasteiger partial charge in [0.1, 0.15) is 11.9 Å². The van der Waals surface area contributed by atoms with E-state index in [0.717, 1.165) is 18.7 Å². The predicted molar refractivity (Wildman–Crippen MR) is 63.6 cm³/mol. The van der Waals surface area contributed by atoms with Crippen LogP contribution in [0.5, 0.6) is 5.75 Å². The van der Waals surface area contributed by atoms with Crippen LogP contribution in [0.1, 0.15) is 20.3 Å². The molecule has 15 heavy (non-hydrogen) atoms. The first-order valence-corrected chi connectivity index (χ1v) is 5.69. The third kappa shape index (κ3) is 1.94.